The molecule has 1 aromatic carbocycles. The lowest BCUT2D eigenvalue weighted by Crippen LogP contribution is -2.36. The van der Waals surface area contributed by atoms with E-state index in [1.165, 1.54) is 22.0 Å². The van der Waals surface area contributed by atoms with E-state index < -0.39 is 17.2 Å². The van der Waals surface area contributed by atoms with Gasteiger partial charge in [-0.1, -0.05) is 23.7 Å². The second kappa shape index (κ2) is 7.22. The summed E-state index contributed by atoms with van der Waals surface area (Å²) in [7, 11) is 0. The smallest absolute Gasteiger partial charge is 0.328 e. The minimum absolute atomic E-state index is 0.158. The number of aromatic amines is 1. The number of halogens is 1. The number of thiazole rings is 1. The van der Waals surface area contributed by atoms with Gasteiger partial charge in [0.15, 0.2) is 5.13 Å². The number of fused-ring (bicyclic) bond motifs is 1. The monoisotopic (exact) mass is 431 g/mol. The number of hydrogen-bond donors (Lipinski definition) is 3. The number of H-pyrrole nitrogens is 1. The summed E-state index contributed by atoms with van der Waals surface area (Å²) in [6.45, 7) is -0.244. The standard InChI is InChI=1S/C18H14ClN5O4S/c19-13-7-11-15(16(27)23(18(28)22-11)6-5-14(25)26)24(13)10-3-1-9(2-4-10)12-8-29-17(20)21-12/h1-4,7-8H,5-6H2,(H2,20,21)(H,22,28)(H,25,26). The van der Waals surface area contributed by atoms with Crippen LogP contribution in [0.1, 0.15) is 6.42 Å². The van der Waals surface area contributed by atoms with E-state index in [0.717, 1.165) is 15.8 Å². The molecule has 0 fully saturated rings. The van der Waals surface area contributed by atoms with Crippen molar-refractivity contribution in [2.75, 3.05) is 5.73 Å². The molecule has 11 heteroatoms. The van der Waals surface area contributed by atoms with Gasteiger partial charge in [0.25, 0.3) is 5.56 Å². The molecule has 148 valence electrons. The average molecular weight is 432 g/mol. The molecular formula is C18H14ClN5O4S. The molecule has 0 aliphatic carbocycles. The van der Waals surface area contributed by atoms with Crippen LogP contribution in [0.3, 0.4) is 0 Å². The third-order valence-corrected chi connectivity index (χ3v) is 5.33. The zero-order valence-electron chi connectivity index (χ0n) is 14.8. The molecule has 0 saturated carbocycles. The van der Waals surface area contributed by atoms with Crippen molar-refractivity contribution in [2.24, 2.45) is 0 Å². The first-order chi connectivity index (χ1) is 13.8. The number of benzene rings is 1. The molecule has 0 aliphatic heterocycles. The number of hydrogen-bond acceptors (Lipinski definition) is 6. The Morgan fingerprint density at radius 1 is 1.28 bits per heavy atom. The number of aromatic nitrogens is 4. The van der Waals surface area contributed by atoms with Crippen molar-refractivity contribution in [1.82, 2.24) is 19.1 Å². The zero-order chi connectivity index (χ0) is 20.7. The number of nitrogen functional groups attached to an aromatic ring is 1. The molecule has 0 saturated heterocycles. The topological polar surface area (TPSA) is 136 Å². The number of nitrogens with two attached hydrogens (primary N) is 1. The van der Waals surface area contributed by atoms with Crippen LogP contribution < -0.4 is 17.0 Å². The van der Waals surface area contributed by atoms with E-state index in [-0.39, 0.29) is 29.2 Å². The quantitative estimate of drug-likeness (QED) is 0.443. The molecule has 0 atom stereocenters. The van der Waals surface area contributed by atoms with Gasteiger partial charge in [-0.2, -0.15) is 0 Å². The maximum Gasteiger partial charge on any atom is 0.328 e. The van der Waals surface area contributed by atoms with Crippen molar-refractivity contribution in [3.8, 4) is 16.9 Å². The van der Waals surface area contributed by atoms with E-state index in [9.17, 15) is 14.4 Å². The summed E-state index contributed by atoms with van der Waals surface area (Å²) in [5.74, 6) is -1.11. The number of carboxylic acids is 1. The van der Waals surface area contributed by atoms with Crippen LogP contribution >= 0.6 is 22.9 Å². The Labute approximate surface area is 171 Å². The first-order valence-corrected chi connectivity index (χ1v) is 9.68. The third-order valence-electron chi connectivity index (χ3n) is 4.38. The maximum absolute atomic E-state index is 12.9. The number of anilines is 1. The summed E-state index contributed by atoms with van der Waals surface area (Å²) in [4.78, 5) is 42.7. The number of rotatable bonds is 5. The van der Waals surface area contributed by atoms with Gasteiger partial charge in [0.1, 0.15) is 10.7 Å². The molecule has 0 amide bonds. The summed E-state index contributed by atoms with van der Waals surface area (Å²) in [5.41, 5.74) is 6.99. The highest BCUT2D eigenvalue weighted by atomic mass is 35.5. The van der Waals surface area contributed by atoms with Gasteiger partial charge < -0.3 is 15.8 Å². The molecule has 4 rings (SSSR count). The highest BCUT2D eigenvalue weighted by molar-refractivity contribution is 7.13. The lowest BCUT2D eigenvalue weighted by Gasteiger charge is -2.09. The molecule has 4 aromatic rings. The van der Waals surface area contributed by atoms with Crippen molar-refractivity contribution in [3.05, 3.63) is 61.7 Å². The van der Waals surface area contributed by atoms with Crippen LogP contribution in [-0.2, 0) is 11.3 Å². The van der Waals surface area contributed by atoms with Gasteiger partial charge in [0, 0.05) is 23.2 Å². The zero-order valence-corrected chi connectivity index (χ0v) is 16.3. The fourth-order valence-electron chi connectivity index (χ4n) is 3.05. The Bertz CT molecular complexity index is 1350. The van der Waals surface area contributed by atoms with Gasteiger partial charge >= 0.3 is 11.7 Å². The van der Waals surface area contributed by atoms with E-state index in [1.54, 1.807) is 12.1 Å². The molecule has 0 unspecified atom stereocenters. The Balaban J connectivity index is 1.84. The number of carbonyl (C=O) groups is 1. The van der Waals surface area contributed by atoms with Crippen molar-refractivity contribution in [2.45, 2.75) is 13.0 Å². The third kappa shape index (κ3) is 3.43. The number of nitrogens with zero attached hydrogens (tertiary/aromatic N) is 3. The van der Waals surface area contributed by atoms with Gasteiger partial charge in [-0.15, -0.1) is 11.3 Å². The van der Waals surface area contributed by atoms with E-state index in [2.05, 4.69) is 9.97 Å². The second-order valence-electron chi connectivity index (χ2n) is 6.21. The first-order valence-electron chi connectivity index (χ1n) is 8.43. The van der Waals surface area contributed by atoms with Gasteiger partial charge in [-0.05, 0) is 18.2 Å². The highest BCUT2D eigenvalue weighted by Crippen LogP contribution is 2.27. The Morgan fingerprint density at radius 3 is 2.62 bits per heavy atom. The minimum atomic E-state index is -1.11. The Kier molecular flexibility index (Phi) is 4.73. The fraction of sp³-hybridized carbons (Fsp3) is 0.111. The number of nitrogens with one attached hydrogen (secondary N) is 1. The summed E-state index contributed by atoms with van der Waals surface area (Å²) in [6, 6.07) is 8.65. The summed E-state index contributed by atoms with van der Waals surface area (Å²) in [6.07, 6.45) is -0.353. The summed E-state index contributed by atoms with van der Waals surface area (Å²) in [5, 5.41) is 11.4. The van der Waals surface area contributed by atoms with E-state index >= 15 is 0 Å². The number of carboxylic acid groups (broad SMARTS) is 1. The SMILES string of the molecule is Nc1nc(-c2ccc(-n3c(Cl)cc4[nH]c(=O)n(CCC(=O)O)c(=O)c43)cc2)cs1. The lowest BCUT2D eigenvalue weighted by molar-refractivity contribution is -0.137. The maximum atomic E-state index is 12.9. The van der Waals surface area contributed by atoms with Crippen LogP contribution in [-0.4, -0.2) is 30.2 Å². The van der Waals surface area contributed by atoms with Crippen LogP contribution in [0.25, 0.3) is 28.0 Å². The molecule has 0 bridgehead atoms. The minimum Gasteiger partial charge on any atom is -0.481 e. The number of aliphatic carboxylic acids is 1. The summed E-state index contributed by atoms with van der Waals surface area (Å²) >= 11 is 7.68. The predicted molar refractivity (Wildman–Crippen MR) is 111 cm³/mol. The van der Waals surface area contributed by atoms with Crippen LogP contribution in [0.4, 0.5) is 5.13 Å². The predicted octanol–water partition coefficient (Wildman–Crippen LogP) is 2.31. The Hall–Kier alpha value is -3.37. The van der Waals surface area contributed by atoms with Crippen LogP contribution in [0.15, 0.2) is 45.3 Å². The molecule has 0 spiro atoms. The van der Waals surface area contributed by atoms with Gasteiger partial charge in [-0.25, -0.2) is 9.78 Å². The molecular weight excluding hydrogens is 418 g/mol. The lowest BCUT2D eigenvalue weighted by atomic mass is 10.1. The molecule has 29 heavy (non-hydrogen) atoms. The van der Waals surface area contributed by atoms with Crippen LogP contribution in [0.2, 0.25) is 5.15 Å². The van der Waals surface area contributed by atoms with Crippen LogP contribution in [0, 0.1) is 0 Å². The molecule has 0 radical (unpaired) electrons. The normalized spacial score (nSPS) is 11.2. The van der Waals surface area contributed by atoms with Crippen molar-refractivity contribution < 1.29 is 9.90 Å². The second-order valence-corrected chi connectivity index (χ2v) is 7.49. The van der Waals surface area contributed by atoms with Crippen molar-refractivity contribution in [1.29, 1.82) is 0 Å². The van der Waals surface area contributed by atoms with Crippen molar-refractivity contribution >= 4 is 45.1 Å². The van der Waals surface area contributed by atoms with Crippen molar-refractivity contribution in [3.63, 3.8) is 0 Å². The highest BCUT2D eigenvalue weighted by Gasteiger charge is 2.17. The molecule has 4 N–H and O–H groups in total. The molecule has 0 aliphatic rings. The van der Waals surface area contributed by atoms with Gasteiger partial charge in [0.2, 0.25) is 0 Å². The van der Waals surface area contributed by atoms with Gasteiger partial charge in [-0.3, -0.25) is 18.7 Å². The summed E-state index contributed by atoms with van der Waals surface area (Å²) < 4.78 is 2.36. The average Bonchev–Trinajstić information content (AvgIpc) is 3.24. The first kappa shape index (κ1) is 19.0. The van der Waals surface area contributed by atoms with E-state index in [0.29, 0.717) is 10.8 Å². The van der Waals surface area contributed by atoms with Crippen LogP contribution in [0.5, 0.6) is 0 Å². The van der Waals surface area contributed by atoms with Gasteiger partial charge in [0.05, 0.1) is 17.6 Å². The molecule has 3 heterocycles. The largest absolute Gasteiger partial charge is 0.481 e. The van der Waals surface area contributed by atoms with E-state index in [1.807, 2.05) is 17.5 Å². The van der Waals surface area contributed by atoms with E-state index in [4.69, 9.17) is 22.4 Å². The molecule has 3 aromatic heterocycles. The Morgan fingerprint density at radius 2 is 2.00 bits per heavy atom. The molecule has 9 nitrogen and oxygen atoms in total. The fourth-order valence-corrected chi connectivity index (χ4v) is 3.92.